The highest BCUT2D eigenvalue weighted by Crippen LogP contribution is 2.16. The van der Waals surface area contributed by atoms with Crippen LogP contribution in [0.15, 0.2) is 42.5 Å². The summed E-state index contributed by atoms with van der Waals surface area (Å²) in [6.45, 7) is 0. The fourth-order valence-corrected chi connectivity index (χ4v) is 1.50. The molecule has 0 aliphatic heterocycles. The van der Waals surface area contributed by atoms with E-state index in [1.54, 1.807) is 0 Å². The van der Waals surface area contributed by atoms with Gasteiger partial charge in [-0.05, 0) is 24.3 Å². The van der Waals surface area contributed by atoms with Crippen LogP contribution in [0.4, 0.5) is 14.5 Å². The highest BCUT2D eigenvalue weighted by Gasteiger charge is 2.09. The van der Waals surface area contributed by atoms with Crippen molar-refractivity contribution in [1.82, 2.24) is 0 Å². The van der Waals surface area contributed by atoms with Gasteiger partial charge in [0.15, 0.2) is 0 Å². The lowest BCUT2D eigenvalue weighted by molar-refractivity contribution is 0.102. The molecule has 2 aromatic rings. The number of aldehydes is 1. The first-order valence-electron chi connectivity index (χ1n) is 5.42. The normalized spacial score (nSPS) is 10.0. The second-order valence-corrected chi connectivity index (χ2v) is 3.82. The van der Waals surface area contributed by atoms with Crippen molar-refractivity contribution in [2.75, 3.05) is 5.32 Å². The van der Waals surface area contributed by atoms with Crippen LogP contribution in [-0.4, -0.2) is 12.2 Å². The second-order valence-electron chi connectivity index (χ2n) is 3.82. The Kier molecular flexibility index (Phi) is 3.66. The summed E-state index contributed by atoms with van der Waals surface area (Å²) in [5.41, 5.74) is 0.602. The summed E-state index contributed by atoms with van der Waals surface area (Å²) < 4.78 is 26.0. The Morgan fingerprint density at radius 3 is 2.32 bits per heavy atom. The average molecular weight is 261 g/mol. The summed E-state index contributed by atoms with van der Waals surface area (Å²) in [6.07, 6.45) is 0.654. The van der Waals surface area contributed by atoms with Gasteiger partial charge >= 0.3 is 0 Å². The van der Waals surface area contributed by atoms with Gasteiger partial charge in [-0.2, -0.15) is 0 Å². The molecular weight excluding hydrogens is 252 g/mol. The predicted molar refractivity (Wildman–Crippen MR) is 66.1 cm³/mol. The summed E-state index contributed by atoms with van der Waals surface area (Å²) in [7, 11) is 0. The van der Waals surface area contributed by atoms with Crippen molar-refractivity contribution in [2.24, 2.45) is 0 Å². The van der Waals surface area contributed by atoms with E-state index < -0.39 is 17.5 Å². The number of amides is 1. The average Bonchev–Trinajstić information content (AvgIpc) is 2.42. The van der Waals surface area contributed by atoms with E-state index in [-0.39, 0.29) is 11.3 Å². The van der Waals surface area contributed by atoms with Gasteiger partial charge in [-0.15, -0.1) is 0 Å². The predicted octanol–water partition coefficient (Wildman–Crippen LogP) is 3.03. The molecule has 0 aliphatic rings. The minimum absolute atomic E-state index is 0.106. The third kappa shape index (κ3) is 3.01. The third-order valence-electron chi connectivity index (χ3n) is 2.49. The zero-order chi connectivity index (χ0) is 13.8. The SMILES string of the molecule is O=Cc1ccc(C(=O)Nc2ccc(F)cc2F)cc1. The minimum atomic E-state index is -0.849. The Bertz CT molecular complexity index is 624. The zero-order valence-corrected chi connectivity index (χ0v) is 9.69. The summed E-state index contributed by atoms with van der Waals surface area (Å²) in [6, 6.07) is 8.72. The monoisotopic (exact) mass is 261 g/mol. The Morgan fingerprint density at radius 2 is 1.74 bits per heavy atom. The molecule has 2 aromatic carbocycles. The lowest BCUT2D eigenvalue weighted by atomic mass is 10.1. The molecule has 0 radical (unpaired) electrons. The number of carbonyl (C=O) groups is 2. The Balaban J connectivity index is 2.17. The summed E-state index contributed by atoms with van der Waals surface area (Å²) in [4.78, 5) is 22.3. The maximum atomic E-state index is 13.3. The molecule has 19 heavy (non-hydrogen) atoms. The van der Waals surface area contributed by atoms with Crippen LogP contribution in [0.25, 0.3) is 0 Å². The Labute approximate surface area is 107 Å². The van der Waals surface area contributed by atoms with E-state index >= 15 is 0 Å². The van der Waals surface area contributed by atoms with E-state index in [0.29, 0.717) is 17.9 Å². The molecule has 0 heterocycles. The first kappa shape index (κ1) is 12.9. The topological polar surface area (TPSA) is 46.2 Å². The number of hydrogen-bond donors (Lipinski definition) is 1. The number of carbonyl (C=O) groups excluding carboxylic acids is 2. The highest BCUT2D eigenvalue weighted by molar-refractivity contribution is 6.04. The molecule has 0 spiro atoms. The number of benzene rings is 2. The van der Waals surface area contributed by atoms with Gasteiger partial charge in [-0.25, -0.2) is 8.78 Å². The maximum Gasteiger partial charge on any atom is 0.255 e. The fourth-order valence-electron chi connectivity index (χ4n) is 1.50. The van der Waals surface area contributed by atoms with Crippen molar-refractivity contribution < 1.29 is 18.4 Å². The van der Waals surface area contributed by atoms with Gasteiger partial charge in [0.1, 0.15) is 17.9 Å². The fraction of sp³-hybridized carbons (Fsp3) is 0. The molecule has 0 aliphatic carbocycles. The molecule has 96 valence electrons. The van der Waals surface area contributed by atoms with Crippen LogP contribution in [-0.2, 0) is 0 Å². The summed E-state index contributed by atoms with van der Waals surface area (Å²) in [5.74, 6) is -2.10. The number of rotatable bonds is 3. The van der Waals surface area contributed by atoms with Crippen molar-refractivity contribution in [1.29, 1.82) is 0 Å². The lowest BCUT2D eigenvalue weighted by Gasteiger charge is -2.06. The summed E-state index contributed by atoms with van der Waals surface area (Å²) >= 11 is 0. The van der Waals surface area contributed by atoms with Gasteiger partial charge in [0.25, 0.3) is 5.91 Å². The van der Waals surface area contributed by atoms with Crippen molar-refractivity contribution >= 4 is 17.9 Å². The number of anilines is 1. The van der Waals surface area contributed by atoms with Gasteiger partial charge in [0.2, 0.25) is 0 Å². The van der Waals surface area contributed by atoms with E-state index in [1.807, 2.05) is 0 Å². The van der Waals surface area contributed by atoms with E-state index in [2.05, 4.69) is 5.32 Å². The Hall–Kier alpha value is -2.56. The van der Waals surface area contributed by atoms with Crippen molar-refractivity contribution in [3.05, 3.63) is 65.2 Å². The van der Waals surface area contributed by atoms with Crippen LogP contribution in [0.2, 0.25) is 0 Å². The van der Waals surface area contributed by atoms with E-state index in [4.69, 9.17) is 0 Å². The molecule has 3 nitrogen and oxygen atoms in total. The molecule has 0 fully saturated rings. The maximum absolute atomic E-state index is 13.3. The van der Waals surface area contributed by atoms with Crippen LogP contribution < -0.4 is 5.32 Å². The molecule has 5 heteroatoms. The smallest absolute Gasteiger partial charge is 0.255 e. The van der Waals surface area contributed by atoms with Crippen LogP contribution in [0.1, 0.15) is 20.7 Å². The van der Waals surface area contributed by atoms with Gasteiger partial charge in [-0.3, -0.25) is 9.59 Å². The van der Waals surface area contributed by atoms with Crippen molar-refractivity contribution in [3.63, 3.8) is 0 Å². The number of nitrogens with one attached hydrogen (secondary N) is 1. The standard InChI is InChI=1S/C14H9F2NO2/c15-11-5-6-13(12(16)7-11)17-14(19)10-3-1-9(8-18)2-4-10/h1-8H,(H,17,19). The first-order chi connectivity index (χ1) is 9.10. The van der Waals surface area contributed by atoms with E-state index in [9.17, 15) is 18.4 Å². The van der Waals surface area contributed by atoms with E-state index in [0.717, 1.165) is 12.1 Å². The molecule has 0 bridgehead atoms. The molecule has 0 saturated heterocycles. The first-order valence-corrected chi connectivity index (χ1v) is 5.42. The molecule has 1 amide bonds. The van der Waals surface area contributed by atoms with Crippen molar-refractivity contribution in [3.8, 4) is 0 Å². The van der Waals surface area contributed by atoms with Gasteiger partial charge in [0, 0.05) is 17.2 Å². The largest absolute Gasteiger partial charge is 0.319 e. The summed E-state index contributed by atoms with van der Waals surface area (Å²) in [5, 5.41) is 2.32. The third-order valence-corrected chi connectivity index (χ3v) is 2.49. The molecule has 0 saturated carbocycles. The van der Waals surface area contributed by atoms with Crippen LogP contribution in [0.5, 0.6) is 0 Å². The van der Waals surface area contributed by atoms with Gasteiger partial charge < -0.3 is 5.32 Å². The lowest BCUT2D eigenvalue weighted by Crippen LogP contribution is -2.13. The zero-order valence-electron chi connectivity index (χ0n) is 9.69. The van der Waals surface area contributed by atoms with Crippen molar-refractivity contribution in [2.45, 2.75) is 0 Å². The minimum Gasteiger partial charge on any atom is -0.319 e. The Morgan fingerprint density at radius 1 is 1.05 bits per heavy atom. The van der Waals surface area contributed by atoms with Gasteiger partial charge in [0.05, 0.1) is 5.69 Å². The second kappa shape index (κ2) is 5.39. The quantitative estimate of drug-likeness (QED) is 0.863. The molecule has 1 N–H and O–H groups in total. The van der Waals surface area contributed by atoms with Crippen LogP contribution >= 0.6 is 0 Å². The highest BCUT2D eigenvalue weighted by atomic mass is 19.1. The number of hydrogen-bond acceptors (Lipinski definition) is 2. The molecule has 2 rings (SSSR count). The molecule has 0 unspecified atom stereocenters. The molecule has 0 atom stereocenters. The molecular formula is C14H9F2NO2. The van der Waals surface area contributed by atoms with E-state index in [1.165, 1.54) is 24.3 Å². The number of halogens is 2. The molecule has 0 aromatic heterocycles. The van der Waals surface area contributed by atoms with Crippen LogP contribution in [0.3, 0.4) is 0 Å². The van der Waals surface area contributed by atoms with Gasteiger partial charge in [-0.1, -0.05) is 12.1 Å². The van der Waals surface area contributed by atoms with Crippen LogP contribution in [0, 0.1) is 11.6 Å².